The second-order valence-corrected chi connectivity index (χ2v) is 4.90. The highest BCUT2D eigenvalue weighted by molar-refractivity contribution is 9.10. The first kappa shape index (κ1) is 14.2. The van der Waals surface area contributed by atoms with Crippen LogP contribution in [0.5, 0.6) is 11.5 Å². The van der Waals surface area contributed by atoms with Crippen LogP contribution < -0.4 is 4.74 Å². The summed E-state index contributed by atoms with van der Waals surface area (Å²) >= 11 is 3.21. The Balaban J connectivity index is 2.30. The molecule has 102 valence electrons. The first-order valence-corrected chi connectivity index (χ1v) is 6.44. The Hall–Kier alpha value is -2.21. The summed E-state index contributed by atoms with van der Waals surface area (Å²) in [6.45, 7) is 1.42. The smallest absolute Gasteiger partial charge is 0.339 e. The van der Waals surface area contributed by atoms with Gasteiger partial charge in [-0.1, -0.05) is 15.9 Å². The van der Waals surface area contributed by atoms with Crippen molar-refractivity contribution in [2.45, 2.75) is 6.92 Å². The highest BCUT2D eigenvalue weighted by Crippen LogP contribution is 2.27. The van der Waals surface area contributed by atoms with Gasteiger partial charge >= 0.3 is 5.97 Å². The normalized spacial score (nSPS) is 10.1. The molecular formula is C14H10BrNO4. The monoisotopic (exact) mass is 335 g/mol. The second kappa shape index (κ2) is 5.83. The zero-order valence-corrected chi connectivity index (χ0v) is 12.0. The van der Waals surface area contributed by atoms with E-state index < -0.39 is 5.97 Å². The standard InChI is InChI=1S/C14H10BrNO4/c1-8(17)12-4-3-10(7-16-12)20-13-5-2-9(15)6-11(13)14(18)19/h2-7H,1H3,(H,18,19). The highest BCUT2D eigenvalue weighted by Gasteiger charge is 2.13. The summed E-state index contributed by atoms with van der Waals surface area (Å²) in [5.41, 5.74) is 0.363. The van der Waals surface area contributed by atoms with Gasteiger partial charge in [-0.25, -0.2) is 9.78 Å². The number of carboxylic acid groups (broad SMARTS) is 1. The van der Waals surface area contributed by atoms with Gasteiger partial charge in [-0.2, -0.15) is 0 Å². The lowest BCUT2D eigenvalue weighted by Gasteiger charge is -2.09. The fourth-order valence-corrected chi connectivity index (χ4v) is 1.90. The number of hydrogen-bond acceptors (Lipinski definition) is 4. The van der Waals surface area contributed by atoms with Gasteiger partial charge < -0.3 is 9.84 Å². The van der Waals surface area contributed by atoms with Crippen molar-refractivity contribution in [1.29, 1.82) is 0 Å². The fraction of sp³-hybridized carbons (Fsp3) is 0.0714. The van der Waals surface area contributed by atoms with E-state index in [1.54, 1.807) is 18.2 Å². The molecule has 0 saturated carbocycles. The number of benzene rings is 1. The van der Waals surface area contributed by atoms with E-state index >= 15 is 0 Å². The van der Waals surface area contributed by atoms with Crippen LogP contribution in [-0.2, 0) is 0 Å². The van der Waals surface area contributed by atoms with Crippen LogP contribution in [0.3, 0.4) is 0 Å². The molecule has 1 N–H and O–H groups in total. The largest absolute Gasteiger partial charge is 0.478 e. The maximum Gasteiger partial charge on any atom is 0.339 e. The Labute approximate surface area is 123 Å². The zero-order valence-electron chi connectivity index (χ0n) is 10.5. The molecule has 0 unspecified atom stereocenters. The second-order valence-electron chi connectivity index (χ2n) is 3.98. The van der Waals surface area contributed by atoms with Crippen LogP contribution >= 0.6 is 15.9 Å². The van der Waals surface area contributed by atoms with E-state index in [0.29, 0.717) is 15.9 Å². The topological polar surface area (TPSA) is 76.5 Å². The number of pyridine rings is 1. The van der Waals surface area contributed by atoms with E-state index in [-0.39, 0.29) is 17.1 Å². The van der Waals surface area contributed by atoms with E-state index in [1.165, 1.54) is 25.3 Å². The number of hydrogen-bond donors (Lipinski definition) is 1. The number of ketones is 1. The van der Waals surface area contributed by atoms with Crippen molar-refractivity contribution in [1.82, 2.24) is 4.98 Å². The minimum Gasteiger partial charge on any atom is -0.478 e. The van der Waals surface area contributed by atoms with Gasteiger partial charge in [0.25, 0.3) is 0 Å². The molecule has 0 aliphatic carbocycles. The molecule has 5 nitrogen and oxygen atoms in total. The van der Waals surface area contributed by atoms with Gasteiger partial charge in [-0.3, -0.25) is 4.79 Å². The number of halogens is 1. The van der Waals surface area contributed by atoms with Crippen LogP contribution in [0.2, 0.25) is 0 Å². The number of rotatable bonds is 4. The minimum atomic E-state index is -1.09. The zero-order chi connectivity index (χ0) is 14.7. The summed E-state index contributed by atoms with van der Waals surface area (Å²) in [6.07, 6.45) is 1.38. The van der Waals surface area contributed by atoms with Crippen molar-refractivity contribution >= 4 is 27.7 Å². The number of nitrogens with zero attached hydrogens (tertiary/aromatic N) is 1. The molecule has 0 saturated heterocycles. The molecule has 0 atom stereocenters. The summed E-state index contributed by atoms with van der Waals surface area (Å²) in [6, 6.07) is 7.77. The van der Waals surface area contributed by atoms with E-state index in [1.807, 2.05) is 0 Å². The fourth-order valence-electron chi connectivity index (χ4n) is 1.53. The molecule has 0 bridgehead atoms. The van der Waals surface area contributed by atoms with Gasteiger partial charge in [-0.15, -0.1) is 0 Å². The van der Waals surface area contributed by atoms with Crippen LogP contribution in [0.15, 0.2) is 41.0 Å². The number of carbonyl (C=O) groups excluding carboxylic acids is 1. The molecule has 2 rings (SSSR count). The summed E-state index contributed by atoms with van der Waals surface area (Å²) in [7, 11) is 0. The van der Waals surface area contributed by atoms with Gasteiger partial charge in [0, 0.05) is 11.4 Å². The van der Waals surface area contributed by atoms with Gasteiger partial charge in [0.1, 0.15) is 22.8 Å². The Kier molecular flexibility index (Phi) is 4.14. The maximum atomic E-state index is 11.1. The van der Waals surface area contributed by atoms with Crippen molar-refractivity contribution < 1.29 is 19.4 Å². The van der Waals surface area contributed by atoms with Crippen molar-refractivity contribution in [2.75, 3.05) is 0 Å². The molecule has 1 heterocycles. The van der Waals surface area contributed by atoms with Gasteiger partial charge in [0.2, 0.25) is 0 Å². The van der Waals surface area contributed by atoms with Gasteiger partial charge in [0.15, 0.2) is 5.78 Å². The van der Waals surface area contributed by atoms with Crippen molar-refractivity contribution in [3.63, 3.8) is 0 Å². The lowest BCUT2D eigenvalue weighted by Crippen LogP contribution is -2.01. The van der Waals surface area contributed by atoms with E-state index in [9.17, 15) is 9.59 Å². The van der Waals surface area contributed by atoms with Gasteiger partial charge in [-0.05, 0) is 30.3 Å². The predicted molar refractivity (Wildman–Crippen MR) is 75.4 cm³/mol. The first-order valence-electron chi connectivity index (χ1n) is 5.65. The summed E-state index contributed by atoms with van der Waals surface area (Å²) in [5.74, 6) is -0.668. The third-order valence-corrected chi connectivity index (χ3v) is 2.99. The Morgan fingerprint density at radius 3 is 2.55 bits per heavy atom. The predicted octanol–water partition coefficient (Wildman–Crippen LogP) is 3.54. The molecule has 20 heavy (non-hydrogen) atoms. The highest BCUT2D eigenvalue weighted by atomic mass is 79.9. The number of ether oxygens (including phenoxy) is 1. The molecule has 1 aromatic carbocycles. The maximum absolute atomic E-state index is 11.1. The van der Waals surface area contributed by atoms with E-state index in [0.717, 1.165) is 0 Å². The van der Waals surface area contributed by atoms with Crippen LogP contribution in [0.4, 0.5) is 0 Å². The summed E-state index contributed by atoms with van der Waals surface area (Å²) in [4.78, 5) is 26.2. The number of aromatic nitrogens is 1. The first-order chi connectivity index (χ1) is 9.47. The SMILES string of the molecule is CC(=O)c1ccc(Oc2ccc(Br)cc2C(=O)O)cn1. The molecule has 1 aromatic heterocycles. The third-order valence-electron chi connectivity index (χ3n) is 2.50. The van der Waals surface area contributed by atoms with Gasteiger partial charge in [0.05, 0.1) is 6.20 Å². The molecule has 0 fully saturated rings. The number of carboxylic acids is 1. The number of aromatic carboxylic acids is 1. The van der Waals surface area contributed by atoms with Crippen LogP contribution in [0, 0.1) is 0 Å². The van der Waals surface area contributed by atoms with Crippen molar-refractivity contribution in [3.05, 3.63) is 52.3 Å². The molecule has 0 radical (unpaired) electrons. The molecular weight excluding hydrogens is 326 g/mol. The van der Waals surface area contributed by atoms with E-state index in [4.69, 9.17) is 9.84 Å². The Morgan fingerprint density at radius 2 is 2.00 bits per heavy atom. The van der Waals surface area contributed by atoms with E-state index in [2.05, 4.69) is 20.9 Å². The van der Waals surface area contributed by atoms with Crippen LogP contribution in [0.1, 0.15) is 27.8 Å². The average Bonchev–Trinajstić information content (AvgIpc) is 2.41. The Morgan fingerprint density at radius 1 is 1.25 bits per heavy atom. The average molecular weight is 336 g/mol. The minimum absolute atomic E-state index is 0.0371. The third kappa shape index (κ3) is 3.21. The molecule has 0 aliphatic heterocycles. The molecule has 2 aromatic rings. The lowest BCUT2D eigenvalue weighted by atomic mass is 10.2. The van der Waals surface area contributed by atoms with Crippen molar-refractivity contribution in [3.8, 4) is 11.5 Å². The summed E-state index contributed by atoms with van der Waals surface area (Å²) in [5, 5.41) is 9.12. The number of Topliss-reactive ketones (excluding diaryl/α,β-unsaturated/α-hetero) is 1. The quantitative estimate of drug-likeness (QED) is 0.864. The lowest BCUT2D eigenvalue weighted by molar-refractivity contribution is 0.0694. The Bertz CT molecular complexity index is 667. The van der Waals surface area contributed by atoms with Crippen molar-refractivity contribution in [2.24, 2.45) is 0 Å². The van der Waals surface area contributed by atoms with Crippen LogP contribution in [-0.4, -0.2) is 21.8 Å². The molecule has 0 amide bonds. The molecule has 0 aliphatic rings. The summed E-state index contributed by atoms with van der Waals surface area (Å²) < 4.78 is 6.13. The van der Waals surface area contributed by atoms with Crippen LogP contribution in [0.25, 0.3) is 0 Å². The molecule has 6 heteroatoms. The molecule has 0 spiro atoms. The number of carbonyl (C=O) groups is 2.